The minimum absolute atomic E-state index is 0.117. The first-order valence-corrected chi connectivity index (χ1v) is 20.3. The van der Waals surface area contributed by atoms with Crippen molar-refractivity contribution in [1.29, 1.82) is 0 Å². The third kappa shape index (κ3) is 7.46. The highest BCUT2D eigenvalue weighted by Gasteiger charge is 2.56. The van der Waals surface area contributed by atoms with Gasteiger partial charge in [-0.15, -0.1) is 0 Å². The zero-order valence-electron chi connectivity index (χ0n) is 32.4. The highest BCUT2D eigenvalue weighted by atomic mass is 16.6. The van der Waals surface area contributed by atoms with Crippen LogP contribution in [0.1, 0.15) is 117 Å². The number of fused-ring (bicyclic) bond motifs is 6. The molecule has 52 heavy (non-hydrogen) atoms. The van der Waals surface area contributed by atoms with Crippen LogP contribution in [-0.2, 0) is 9.53 Å². The number of aryl methyl sites for hydroxylation is 1. The molecule has 1 heterocycles. The molecule has 0 amide bonds. The third-order valence-electron chi connectivity index (χ3n) is 14.0. The Hall–Kier alpha value is -3.54. The van der Waals surface area contributed by atoms with E-state index in [2.05, 4.69) is 40.7 Å². The van der Waals surface area contributed by atoms with Crippen molar-refractivity contribution in [3.8, 4) is 17.2 Å². The summed E-state index contributed by atoms with van der Waals surface area (Å²) in [5.74, 6) is 6.09. The first-order valence-electron chi connectivity index (χ1n) is 20.3. The van der Waals surface area contributed by atoms with Crippen LogP contribution in [0, 0.1) is 53.3 Å². The quantitative estimate of drug-likeness (QED) is 0.146. The van der Waals surface area contributed by atoms with Crippen LogP contribution < -0.4 is 14.9 Å². The lowest BCUT2D eigenvalue weighted by Gasteiger charge is -2.61. The van der Waals surface area contributed by atoms with E-state index in [0.717, 1.165) is 54.8 Å². The number of carbonyl (C=O) groups is 1. The molecule has 6 heteroatoms. The van der Waals surface area contributed by atoms with Gasteiger partial charge in [-0.25, -0.2) is 4.79 Å². The molecule has 0 bridgehead atoms. The van der Waals surface area contributed by atoms with Crippen molar-refractivity contribution in [2.45, 2.75) is 125 Å². The van der Waals surface area contributed by atoms with Gasteiger partial charge in [-0.1, -0.05) is 83.7 Å². The molecule has 3 aromatic rings. The molecule has 8 atom stereocenters. The number of para-hydroxylation sites is 1. The van der Waals surface area contributed by atoms with Crippen molar-refractivity contribution >= 4 is 16.9 Å². The van der Waals surface area contributed by atoms with Crippen LogP contribution >= 0.6 is 0 Å². The Labute approximate surface area is 310 Å². The van der Waals surface area contributed by atoms with E-state index in [1.165, 1.54) is 63.4 Å². The van der Waals surface area contributed by atoms with E-state index in [1.807, 2.05) is 18.2 Å². The van der Waals surface area contributed by atoms with Gasteiger partial charge >= 0.3 is 5.97 Å². The number of carbonyl (C=O) groups excluding carboxylic acids is 1. The summed E-state index contributed by atoms with van der Waals surface area (Å²) in [6, 6.07) is 14.1. The second-order valence-electron chi connectivity index (χ2n) is 17.8. The fraction of sp³-hybridized carbons (Fsp3) is 0.609. The normalized spacial score (nSPS) is 30.4. The summed E-state index contributed by atoms with van der Waals surface area (Å²) in [4.78, 5) is 26.2. The van der Waals surface area contributed by atoms with E-state index in [0.29, 0.717) is 33.6 Å². The maximum absolute atomic E-state index is 13.2. The molecular formula is C46H60O6. The van der Waals surface area contributed by atoms with Gasteiger partial charge < -0.3 is 18.6 Å². The summed E-state index contributed by atoms with van der Waals surface area (Å²) in [6.45, 7) is 13.9. The highest BCUT2D eigenvalue weighted by Crippen LogP contribution is 2.65. The predicted molar refractivity (Wildman–Crippen MR) is 207 cm³/mol. The van der Waals surface area contributed by atoms with E-state index in [1.54, 1.807) is 37.3 Å². The average molecular weight is 709 g/mol. The van der Waals surface area contributed by atoms with Crippen molar-refractivity contribution < 1.29 is 23.4 Å². The minimum Gasteiger partial charge on any atom is -0.482 e. The number of allylic oxidation sites excluding steroid dienone is 1. The van der Waals surface area contributed by atoms with Gasteiger partial charge in [0.25, 0.3) is 0 Å². The van der Waals surface area contributed by atoms with E-state index < -0.39 is 0 Å². The number of hydrogen-bond acceptors (Lipinski definition) is 6. The monoisotopic (exact) mass is 708 g/mol. The van der Waals surface area contributed by atoms with E-state index >= 15 is 0 Å². The summed E-state index contributed by atoms with van der Waals surface area (Å²) in [7, 11) is 0. The SMILES string of the molecule is Cc1oc2cc(OCC(=O)O[C@@H]3CC[C@@]4(C)C(=CC[C@@H]5[C@@H]6CC[C@H]([C@@H](C)CCCC(C)C)C[C@@]6(C)CC[C@@H]54)C3)ccc2c(=O)c1Oc1ccccc1. The minimum atomic E-state index is -0.365. The molecular weight excluding hydrogens is 649 g/mol. The lowest BCUT2D eigenvalue weighted by Crippen LogP contribution is -2.52. The topological polar surface area (TPSA) is 75.0 Å². The second kappa shape index (κ2) is 15.1. The van der Waals surface area contributed by atoms with E-state index in [9.17, 15) is 9.59 Å². The number of esters is 1. The number of rotatable bonds is 11. The molecule has 3 fully saturated rings. The summed E-state index contributed by atoms with van der Waals surface area (Å²) in [5, 5.41) is 0.386. The van der Waals surface area contributed by atoms with Crippen LogP contribution in [0.3, 0.4) is 0 Å². The molecule has 3 saturated carbocycles. The van der Waals surface area contributed by atoms with Gasteiger partial charge in [0.05, 0.1) is 5.39 Å². The van der Waals surface area contributed by atoms with Crippen molar-refractivity contribution in [2.24, 2.45) is 46.3 Å². The van der Waals surface area contributed by atoms with Gasteiger partial charge in [0, 0.05) is 12.5 Å². The second-order valence-corrected chi connectivity index (χ2v) is 17.8. The Balaban J connectivity index is 0.933. The van der Waals surface area contributed by atoms with Crippen molar-refractivity contribution in [3.05, 3.63) is 76.2 Å². The fourth-order valence-corrected chi connectivity index (χ4v) is 11.0. The van der Waals surface area contributed by atoms with E-state index in [4.69, 9.17) is 18.6 Å². The van der Waals surface area contributed by atoms with E-state index in [-0.39, 0.29) is 35.3 Å². The standard InChI is InChI=1S/C46H60O6/c1-29(2)11-10-12-30(3)32-15-20-39-37-18-16-33-25-36(21-24-46(33,6)40(37)22-23-45(39,5)27-32)51-42(47)28-49-35-17-19-38-41(26-35)50-31(4)44(43(38)48)52-34-13-8-7-9-14-34/h7-9,13-14,16-17,19,26,29-30,32,36-37,39-40H,10-12,15,18,20-25,27-28H2,1-6H3/t30-,32-,36+,37+,39-,40-,45+,46-/m0/s1. The van der Waals surface area contributed by atoms with Crippen molar-refractivity contribution in [1.82, 2.24) is 0 Å². The Morgan fingerprint density at radius 3 is 2.54 bits per heavy atom. The van der Waals surface area contributed by atoms with Crippen LogP contribution in [0.2, 0.25) is 0 Å². The third-order valence-corrected chi connectivity index (χ3v) is 14.0. The molecule has 7 rings (SSSR count). The zero-order chi connectivity index (χ0) is 36.6. The summed E-state index contributed by atoms with van der Waals surface area (Å²) >= 11 is 0. The van der Waals surface area contributed by atoms with Gasteiger partial charge in [0.15, 0.2) is 6.61 Å². The van der Waals surface area contributed by atoms with Crippen molar-refractivity contribution in [2.75, 3.05) is 6.61 Å². The molecule has 1 aromatic heterocycles. The zero-order valence-corrected chi connectivity index (χ0v) is 32.4. The van der Waals surface area contributed by atoms with Gasteiger partial charge in [-0.05, 0) is 129 Å². The molecule has 0 saturated heterocycles. The van der Waals surface area contributed by atoms with Gasteiger partial charge in [0.2, 0.25) is 11.2 Å². The first kappa shape index (κ1) is 36.8. The molecule has 0 radical (unpaired) electrons. The Morgan fingerprint density at radius 2 is 1.75 bits per heavy atom. The summed E-state index contributed by atoms with van der Waals surface area (Å²) in [6.07, 6.45) is 17.5. The van der Waals surface area contributed by atoms with Gasteiger partial charge in [0.1, 0.15) is 28.9 Å². The number of hydrogen-bond donors (Lipinski definition) is 0. The largest absolute Gasteiger partial charge is 0.482 e. The predicted octanol–water partition coefficient (Wildman–Crippen LogP) is 11.6. The number of benzene rings is 2. The van der Waals surface area contributed by atoms with Crippen LogP contribution in [-0.4, -0.2) is 18.7 Å². The maximum Gasteiger partial charge on any atom is 0.344 e. The molecule has 0 spiro atoms. The average Bonchev–Trinajstić information content (AvgIpc) is 3.12. The molecule has 280 valence electrons. The smallest absolute Gasteiger partial charge is 0.344 e. The Morgan fingerprint density at radius 1 is 0.942 bits per heavy atom. The van der Waals surface area contributed by atoms with Crippen LogP contribution in [0.15, 0.2) is 69.4 Å². The molecule has 4 aliphatic rings. The fourth-order valence-electron chi connectivity index (χ4n) is 11.0. The van der Waals surface area contributed by atoms with Gasteiger partial charge in [-0.2, -0.15) is 0 Å². The molecule has 2 aromatic carbocycles. The molecule has 0 unspecified atom stereocenters. The van der Waals surface area contributed by atoms with Crippen LogP contribution in [0.25, 0.3) is 11.0 Å². The first-order chi connectivity index (χ1) is 24.9. The molecule has 0 N–H and O–H groups in total. The van der Waals surface area contributed by atoms with Gasteiger partial charge in [-0.3, -0.25) is 4.79 Å². The highest BCUT2D eigenvalue weighted by molar-refractivity contribution is 5.80. The number of ether oxygens (including phenoxy) is 3. The maximum atomic E-state index is 13.2. The molecule has 6 nitrogen and oxygen atoms in total. The molecule has 4 aliphatic carbocycles. The van der Waals surface area contributed by atoms with Crippen LogP contribution in [0.5, 0.6) is 17.2 Å². The van der Waals surface area contributed by atoms with Crippen molar-refractivity contribution in [3.63, 3.8) is 0 Å². The molecule has 0 aliphatic heterocycles. The lowest BCUT2D eigenvalue weighted by atomic mass is 9.44. The summed E-state index contributed by atoms with van der Waals surface area (Å²) in [5.41, 5.74) is 2.34. The summed E-state index contributed by atoms with van der Waals surface area (Å²) < 4.78 is 23.7. The van der Waals surface area contributed by atoms with Crippen LogP contribution in [0.4, 0.5) is 0 Å². The Kier molecular flexibility index (Phi) is 10.7. The lowest BCUT2D eigenvalue weighted by molar-refractivity contribution is -0.154. The Bertz CT molecular complexity index is 1820.